The van der Waals surface area contributed by atoms with Gasteiger partial charge in [0.05, 0.1) is 5.69 Å². The zero-order valence-corrected chi connectivity index (χ0v) is 12.8. The summed E-state index contributed by atoms with van der Waals surface area (Å²) in [5.41, 5.74) is 1.91. The van der Waals surface area contributed by atoms with Gasteiger partial charge in [-0.3, -0.25) is 4.79 Å². The number of aromatic nitrogens is 2. The zero-order chi connectivity index (χ0) is 15.2. The van der Waals surface area contributed by atoms with Gasteiger partial charge in [-0.2, -0.15) is 5.10 Å². The fourth-order valence-electron chi connectivity index (χ4n) is 2.08. The molecule has 2 rings (SSSR count). The molecule has 112 valence electrons. The maximum Gasteiger partial charge on any atom is 0.226 e. The molecule has 0 aliphatic heterocycles. The predicted molar refractivity (Wildman–Crippen MR) is 85.2 cm³/mol. The third kappa shape index (κ3) is 3.92. The fourth-order valence-corrected chi connectivity index (χ4v) is 2.08. The first-order chi connectivity index (χ1) is 10.1. The van der Waals surface area contributed by atoms with Crippen LogP contribution in [0.15, 0.2) is 36.4 Å². The topological polar surface area (TPSA) is 59.0 Å². The van der Waals surface area contributed by atoms with Gasteiger partial charge in [-0.1, -0.05) is 30.3 Å². The Morgan fingerprint density at radius 3 is 2.62 bits per heavy atom. The molecule has 0 fully saturated rings. The van der Waals surface area contributed by atoms with E-state index in [1.54, 1.807) is 0 Å². The molecule has 2 aromatic rings. The molecule has 1 amide bonds. The number of benzene rings is 1. The molecule has 2 N–H and O–H groups in total. The van der Waals surface area contributed by atoms with E-state index in [0.717, 1.165) is 17.1 Å². The number of amides is 1. The third-order valence-electron chi connectivity index (χ3n) is 3.16. The van der Waals surface area contributed by atoms with Crippen LogP contribution in [0.5, 0.6) is 0 Å². The number of hydrogen-bond donors (Lipinski definition) is 2. The van der Waals surface area contributed by atoms with Crippen LogP contribution >= 0.6 is 0 Å². The summed E-state index contributed by atoms with van der Waals surface area (Å²) in [7, 11) is 1.83. The van der Waals surface area contributed by atoms with Crippen molar-refractivity contribution in [2.24, 2.45) is 0 Å². The molecule has 0 atom stereocenters. The van der Waals surface area contributed by atoms with Crippen LogP contribution in [0.4, 0.5) is 5.82 Å². The number of nitrogens with one attached hydrogen (secondary N) is 2. The lowest BCUT2D eigenvalue weighted by atomic mass is 10.1. The monoisotopic (exact) mass is 286 g/mol. The smallest absolute Gasteiger partial charge is 0.226 e. The third-order valence-corrected chi connectivity index (χ3v) is 3.16. The van der Waals surface area contributed by atoms with E-state index in [2.05, 4.69) is 15.7 Å². The van der Waals surface area contributed by atoms with Gasteiger partial charge >= 0.3 is 0 Å². The largest absolute Gasteiger partial charge is 0.319 e. The van der Waals surface area contributed by atoms with Crippen LogP contribution in [0.1, 0.15) is 26.3 Å². The first kappa shape index (κ1) is 15.3. The van der Waals surface area contributed by atoms with E-state index in [1.807, 2.05) is 62.0 Å². The van der Waals surface area contributed by atoms with Crippen LogP contribution < -0.4 is 10.6 Å². The number of carbonyl (C=O) groups excluding carboxylic acids is 1. The molecule has 0 saturated carbocycles. The van der Waals surface area contributed by atoms with Crippen molar-refractivity contribution in [1.82, 2.24) is 15.1 Å². The van der Waals surface area contributed by atoms with Gasteiger partial charge in [-0.05, 0) is 20.9 Å². The average molecular weight is 286 g/mol. The molecule has 1 aromatic heterocycles. The molecule has 1 heterocycles. The average Bonchev–Trinajstić information content (AvgIpc) is 2.90. The first-order valence-corrected chi connectivity index (χ1v) is 7.21. The van der Waals surface area contributed by atoms with E-state index in [4.69, 9.17) is 0 Å². The second-order valence-corrected chi connectivity index (χ2v) is 5.22. The van der Waals surface area contributed by atoms with E-state index in [9.17, 15) is 4.79 Å². The standard InChI is InChI=1S/C16H22N4O/c1-12(2)20-15(18-16(21)9-10-17-3)11-14(19-20)13-7-5-4-6-8-13/h4-8,11-12,17H,9-10H2,1-3H3,(H,18,21). The fraction of sp³-hybridized carbons (Fsp3) is 0.375. The maximum absolute atomic E-state index is 11.9. The van der Waals surface area contributed by atoms with Crippen LogP contribution in [-0.2, 0) is 4.79 Å². The first-order valence-electron chi connectivity index (χ1n) is 7.21. The van der Waals surface area contributed by atoms with Crippen molar-refractivity contribution >= 4 is 11.7 Å². The van der Waals surface area contributed by atoms with Crippen molar-refractivity contribution in [2.45, 2.75) is 26.3 Å². The highest BCUT2D eigenvalue weighted by Gasteiger charge is 2.13. The number of rotatable bonds is 6. The van der Waals surface area contributed by atoms with Crippen LogP contribution in [0.25, 0.3) is 11.3 Å². The van der Waals surface area contributed by atoms with Gasteiger partial charge in [0.25, 0.3) is 0 Å². The van der Waals surface area contributed by atoms with E-state index >= 15 is 0 Å². The molecular formula is C16H22N4O. The van der Waals surface area contributed by atoms with Gasteiger partial charge in [-0.15, -0.1) is 0 Å². The Morgan fingerprint density at radius 2 is 2.00 bits per heavy atom. The van der Waals surface area contributed by atoms with Gasteiger partial charge in [0, 0.05) is 30.6 Å². The Bertz CT molecular complexity index is 590. The number of hydrogen-bond acceptors (Lipinski definition) is 3. The maximum atomic E-state index is 11.9. The summed E-state index contributed by atoms with van der Waals surface area (Å²) in [4.78, 5) is 11.9. The van der Waals surface area contributed by atoms with Crippen molar-refractivity contribution in [2.75, 3.05) is 18.9 Å². The van der Waals surface area contributed by atoms with E-state index < -0.39 is 0 Å². The van der Waals surface area contributed by atoms with Crippen molar-refractivity contribution in [3.63, 3.8) is 0 Å². The zero-order valence-electron chi connectivity index (χ0n) is 12.8. The molecule has 1 aromatic carbocycles. The van der Waals surface area contributed by atoms with Gasteiger partial charge in [0.1, 0.15) is 5.82 Å². The molecule has 0 saturated heterocycles. The number of anilines is 1. The summed E-state index contributed by atoms with van der Waals surface area (Å²) < 4.78 is 1.85. The predicted octanol–water partition coefficient (Wildman–Crippen LogP) is 2.68. The Kier molecular flexibility index (Phi) is 5.11. The number of carbonyl (C=O) groups is 1. The molecule has 0 spiro atoms. The lowest BCUT2D eigenvalue weighted by Gasteiger charge is -2.11. The normalized spacial score (nSPS) is 10.9. The quantitative estimate of drug-likeness (QED) is 0.858. The minimum atomic E-state index is -0.00855. The molecule has 21 heavy (non-hydrogen) atoms. The van der Waals surface area contributed by atoms with Gasteiger partial charge in [0.2, 0.25) is 5.91 Å². The van der Waals surface area contributed by atoms with Crippen LogP contribution in [-0.4, -0.2) is 29.3 Å². The highest BCUT2D eigenvalue weighted by molar-refractivity contribution is 5.90. The highest BCUT2D eigenvalue weighted by atomic mass is 16.1. The SMILES string of the molecule is CNCCC(=O)Nc1cc(-c2ccccc2)nn1C(C)C. The minimum Gasteiger partial charge on any atom is -0.319 e. The highest BCUT2D eigenvalue weighted by Crippen LogP contribution is 2.24. The van der Waals surface area contributed by atoms with E-state index in [-0.39, 0.29) is 11.9 Å². The van der Waals surface area contributed by atoms with Crippen molar-refractivity contribution < 1.29 is 4.79 Å². The molecule has 5 heteroatoms. The lowest BCUT2D eigenvalue weighted by molar-refractivity contribution is -0.116. The van der Waals surface area contributed by atoms with E-state index in [0.29, 0.717) is 13.0 Å². The molecule has 5 nitrogen and oxygen atoms in total. The number of nitrogens with zero attached hydrogens (tertiary/aromatic N) is 2. The Labute approximate surface area is 125 Å². The second kappa shape index (κ2) is 7.04. The minimum absolute atomic E-state index is 0.00855. The summed E-state index contributed by atoms with van der Waals surface area (Å²) in [6, 6.07) is 12.1. The molecule has 0 aliphatic carbocycles. The van der Waals surface area contributed by atoms with Crippen molar-refractivity contribution in [1.29, 1.82) is 0 Å². The molecule has 0 radical (unpaired) electrons. The summed E-state index contributed by atoms with van der Waals surface area (Å²) in [5.74, 6) is 0.732. The summed E-state index contributed by atoms with van der Waals surface area (Å²) >= 11 is 0. The molecule has 0 unspecified atom stereocenters. The Hall–Kier alpha value is -2.14. The van der Waals surface area contributed by atoms with Gasteiger partial charge < -0.3 is 10.6 Å². The Morgan fingerprint density at radius 1 is 1.29 bits per heavy atom. The summed E-state index contributed by atoms with van der Waals surface area (Å²) in [6.07, 6.45) is 0.445. The van der Waals surface area contributed by atoms with Crippen LogP contribution in [0, 0.1) is 0 Å². The molecule has 0 bridgehead atoms. The molecular weight excluding hydrogens is 264 g/mol. The van der Waals surface area contributed by atoms with E-state index in [1.165, 1.54) is 0 Å². The van der Waals surface area contributed by atoms with Crippen LogP contribution in [0.3, 0.4) is 0 Å². The lowest BCUT2D eigenvalue weighted by Crippen LogP contribution is -2.20. The summed E-state index contributed by atoms with van der Waals surface area (Å²) in [5, 5.41) is 10.5. The van der Waals surface area contributed by atoms with Crippen molar-refractivity contribution in [3.05, 3.63) is 36.4 Å². The van der Waals surface area contributed by atoms with Gasteiger partial charge in [-0.25, -0.2) is 4.68 Å². The Balaban J connectivity index is 2.24. The molecule has 0 aliphatic rings. The van der Waals surface area contributed by atoms with Crippen molar-refractivity contribution in [3.8, 4) is 11.3 Å². The second-order valence-electron chi connectivity index (χ2n) is 5.22. The van der Waals surface area contributed by atoms with Gasteiger partial charge in [0.15, 0.2) is 0 Å². The van der Waals surface area contributed by atoms with Crippen LogP contribution in [0.2, 0.25) is 0 Å². The summed E-state index contributed by atoms with van der Waals surface area (Å²) in [6.45, 7) is 4.75.